The Morgan fingerprint density at radius 2 is 1.75 bits per heavy atom. The van der Waals surface area contributed by atoms with E-state index >= 15 is 0 Å². The van der Waals surface area contributed by atoms with Gasteiger partial charge in [-0.25, -0.2) is 0 Å². The minimum atomic E-state index is 0.371. The van der Waals surface area contributed by atoms with Crippen LogP contribution in [0.5, 0.6) is 0 Å². The van der Waals surface area contributed by atoms with Crippen LogP contribution in [0.1, 0.15) is 32.1 Å². The van der Waals surface area contributed by atoms with Gasteiger partial charge in [0, 0.05) is 30.9 Å². The predicted molar refractivity (Wildman–Crippen MR) is 70.7 cm³/mol. The van der Waals surface area contributed by atoms with Gasteiger partial charge in [0.05, 0.1) is 0 Å². The van der Waals surface area contributed by atoms with Gasteiger partial charge in [-0.15, -0.1) is 0 Å². The molecule has 2 saturated carbocycles. The summed E-state index contributed by atoms with van der Waals surface area (Å²) in [6, 6.07) is 0. The molecule has 16 heavy (non-hydrogen) atoms. The van der Waals surface area contributed by atoms with E-state index in [0.717, 1.165) is 18.4 Å². The van der Waals surface area contributed by atoms with Gasteiger partial charge in [0.25, 0.3) is 0 Å². The lowest BCUT2D eigenvalue weighted by Gasteiger charge is -2.40. The highest BCUT2D eigenvalue weighted by atomic mass is 32.2. The molecular formula is C13H24N2S. The highest BCUT2D eigenvalue weighted by Gasteiger charge is 2.42. The van der Waals surface area contributed by atoms with E-state index in [2.05, 4.69) is 16.7 Å². The average Bonchev–Trinajstić information content (AvgIpc) is 3.21. The maximum Gasteiger partial charge on any atom is 0.0429 e. The van der Waals surface area contributed by atoms with Gasteiger partial charge in [-0.3, -0.25) is 4.90 Å². The third kappa shape index (κ3) is 2.41. The monoisotopic (exact) mass is 240 g/mol. The van der Waals surface area contributed by atoms with Crippen molar-refractivity contribution in [2.24, 2.45) is 17.6 Å². The Balaban J connectivity index is 1.67. The molecule has 1 atom stereocenters. The molecule has 0 aromatic carbocycles. The summed E-state index contributed by atoms with van der Waals surface area (Å²) in [6.45, 7) is 3.56. The van der Waals surface area contributed by atoms with Gasteiger partial charge < -0.3 is 5.73 Å². The molecule has 0 amide bonds. The second-order valence-electron chi connectivity index (χ2n) is 6.02. The molecule has 3 heteroatoms. The molecule has 0 spiro atoms. The van der Waals surface area contributed by atoms with Crippen LogP contribution in [0.15, 0.2) is 0 Å². The van der Waals surface area contributed by atoms with E-state index in [0.29, 0.717) is 5.54 Å². The molecule has 1 heterocycles. The molecule has 92 valence electrons. The summed E-state index contributed by atoms with van der Waals surface area (Å²) in [5, 5.41) is 0. The topological polar surface area (TPSA) is 29.3 Å². The minimum Gasteiger partial charge on any atom is -0.329 e. The summed E-state index contributed by atoms with van der Waals surface area (Å²) >= 11 is 2.11. The van der Waals surface area contributed by atoms with Crippen LogP contribution in [0.2, 0.25) is 0 Å². The van der Waals surface area contributed by atoms with E-state index in [4.69, 9.17) is 5.73 Å². The van der Waals surface area contributed by atoms with Gasteiger partial charge >= 0.3 is 0 Å². The highest BCUT2D eigenvalue weighted by molar-refractivity contribution is 7.99. The molecular weight excluding hydrogens is 216 g/mol. The Morgan fingerprint density at radius 1 is 1.12 bits per heavy atom. The summed E-state index contributed by atoms with van der Waals surface area (Å²) in [5.74, 6) is 4.62. The van der Waals surface area contributed by atoms with Crippen molar-refractivity contribution >= 4 is 11.8 Å². The number of hydrogen-bond acceptors (Lipinski definition) is 3. The van der Waals surface area contributed by atoms with Gasteiger partial charge in [-0.2, -0.15) is 11.8 Å². The van der Waals surface area contributed by atoms with Crippen molar-refractivity contribution in [1.82, 2.24) is 4.90 Å². The fraction of sp³-hybridized carbons (Fsp3) is 1.00. The van der Waals surface area contributed by atoms with Crippen molar-refractivity contribution in [2.75, 3.05) is 31.1 Å². The Kier molecular flexibility index (Phi) is 3.20. The van der Waals surface area contributed by atoms with Crippen molar-refractivity contribution in [3.63, 3.8) is 0 Å². The summed E-state index contributed by atoms with van der Waals surface area (Å²) in [6.07, 6.45) is 7.20. The van der Waals surface area contributed by atoms with E-state index in [9.17, 15) is 0 Å². The molecule has 2 N–H and O–H groups in total. The van der Waals surface area contributed by atoms with Gasteiger partial charge in [0.1, 0.15) is 0 Å². The molecule has 3 rings (SSSR count). The molecule has 0 bridgehead atoms. The predicted octanol–water partition coefficient (Wildman–Crippen LogP) is 1.94. The minimum absolute atomic E-state index is 0.371. The smallest absolute Gasteiger partial charge is 0.0429 e. The molecule has 0 radical (unpaired) electrons. The van der Waals surface area contributed by atoms with E-state index in [1.807, 2.05) is 0 Å². The number of rotatable bonds is 6. The zero-order chi connectivity index (χ0) is 11.0. The van der Waals surface area contributed by atoms with Crippen molar-refractivity contribution in [1.29, 1.82) is 0 Å². The molecule has 1 aliphatic heterocycles. The first-order valence-corrected chi connectivity index (χ1v) is 8.01. The Hall–Kier alpha value is 0.270. The summed E-state index contributed by atoms with van der Waals surface area (Å²) in [4.78, 5) is 2.79. The van der Waals surface area contributed by atoms with Crippen LogP contribution < -0.4 is 5.73 Å². The summed E-state index contributed by atoms with van der Waals surface area (Å²) in [5.41, 5.74) is 6.48. The first-order chi connectivity index (χ1) is 7.82. The van der Waals surface area contributed by atoms with Crippen LogP contribution in [-0.2, 0) is 0 Å². The highest BCUT2D eigenvalue weighted by Crippen LogP contribution is 2.40. The molecule has 2 nitrogen and oxygen atoms in total. The van der Waals surface area contributed by atoms with Crippen molar-refractivity contribution < 1.29 is 0 Å². The van der Waals surface area contributed by atoms with Gasteiger partial charge in [-0.05, 0) is 49.7 Å². The standard InChI is InChI=1S/C13H24N2S/c14-9-13(5-6-16-10-13)15(7-11-1-2-11)8-12-3-4-12/h11-12H,1-10,14H2. The number of hydrogen-bond donors (Lipinski definition) is 1. The summed E-state index contributed by atoms with van der Waals surface area (Å²) < 4.78 is 0. The van der Waals surface area contributed by atoms with E-state index < -0.39 is 0 Å². The van der Waals surface area contributed by atoms with Crippen LogP contribution in [0.3, 0.4) is 0 Å². The second kappa shape index (κ2) is 4.51. The van der Waals surface area contributed by atoms with Gasteiger partial charge in [0.2, 0.25) is 0 Å². The Bertz CT molecular complexity index is 228. The molecule has 3 fully saturated rings. The molecule has 2 aliphatic carbocycles. The molecule has 0 aromatic rings. The normalized spacial score (nSPS) is 34.9. The van der Waals surface area contributed by atoms with Crippen LogP contribution in [0.4, 0.5) is 0 Å². The van der Waals surface area contributed by atoms with Gasteiger partial charge in [0.15, 0.2) is 0 Å². The van der Waals surface area contributed by atoms with Crippen molar-refractivity contribution in [2.45, 2.75) is 37.6 Å². The third-order valence-electron chi connectivity index (χ3n) is 4.48. The van der Waals surface area contributed by atoms with E-state index in [1.54, 1.807) is 0 Å². The van der Waals surface area contributed by atoms with Crippen LogP contribution in [0.25, 0.3) is 0 Å². The molecule has 1 saturated heterocycles. The lowest BCUT2D eigenvalue weighted by molar-refractivity contribution is 0.104. The zero-order valence-electron chi connectivity index (χ0n) is 10.2. The lowest BCUT2D eigenvalue weighted by Crippen LogP contribution is -2.55. The maximum absolute atomic E-state index is 6.11. The van der Waals surface area contributed by atoms with Crippen molar-refractivity contribution in [3.05, 3.63) is 0 Å². The number of thioether (sulfide) groups is 1. The molecule has 0 aromatic heterocycles. The number of nitrogens with two attached hydrogens (primary N) is 1. The first kappa shape index (κ1) is 11.4. The SMILES string of the molecule is NCC1(N(CC2CC2)CC2CC2)CCSC1. The van der Waals surface area contributed by atoms with Crippen LogP contribution in [-0.4, -0.2) is 41.6 Å². The fourth-order valence-corrected chi connectivity index (χ4v) is 4.32. The zero-order valence-corrected chi connectivity index (χ0v) is 11.0. The molecule has 1 unspecified atom stereocenters. The van der Waals surface area contributed by atoms with Gasteiger partial charge in [-0.1, -0.05) is 0 Å². The Labute approximate surface area is 103 Å². The van der Waals surface area contributed by atoms with Crippen molar-refractivity contribution in [3.8, 4) is 0 Å². The number of nitrogens with zero attached hydrogens (tertiary/aromatic N) is 1. The van der Waals surface area contributed by atoms with E-state index in [-0.39, 0.29) is 0 Å². The average molecular weight is 240 g/mol. The maximum atomic E-state index is 6.11. The third-order valence-corrected chi connectivity index (χ3v) is 5.72. The molecule has 3 aliphatic rings. The summed E-state index contributed by atoms with van der Waals surface area (Å²) in [7, 11) is 0. The van der Waals surface area contributed by atoms with Crippen LogP contribution >= 0.6 is 11.8 Å². The fourth-order valence-electron chi connectivity index (χ4n) is 2.82. The Morgan fingerprint density at radius 3 is 2.12 bits per heavy atom. The largest absolute Gasteiger partial charge is 0.329 e. The first-order valence-electron chi connectivity index (χ1n) is 6.85. The van der Waals surface area contributed by atoms with Crippen LogP contribution in [0, 0.1) is 11.8 Å². The quantitative estimate of drug-likeness (QED) is 0.769. The second-order valence-corrected chi connectivity index (χ2v) is 7.13. The van der Waals surface area contributed by atoms with E-state index in [1.165, 1.54) is 56.7 Å². The lowest BCUT2D eigenvalue weighted by atomic mass is 9.95.